The van der Waals surface area contributed by atoms with Crippen LogP contribution in [-0.2, 0) is 16.6 Å². The van der Waals surface area contributed by atoms with Gasteiger partial charge >= 0.3 is 0 Å². The molecule has 0 aliphatic rings. The van der Waals surface area contributed by atoms with Crippen LogP contribution in [0, 0.1) is 11.6 Å². The summed E-state index contributed by atoms with van der Waals surface area (Å²) in [7, 11) is -1.60. The summed E-state index contributed by atoms with van der Waals surface area (Å²) in [6.45, 7) is 0. The monoisotopic (exact) mass is 345 g/mol. The number of hydrogen-bond donors (Lipinski definition) is 1. The molecule has 0 radical (unpaired) electrons. The molecule has 0 spiro atoms. The summed E-state index contributed by atoms with van der Waals surface area (Å²) in [5.41, 5.74) is 5.87. The third-order valence-corrected chi connectivity index (χ3v) is 4.46. The highest BCUT2D eigenvalue weighted by Gasteiger charge is 2.15. The molecule has 0 aromatic heterocycles. The van der Waals surface area contributed by atoms with Crippen LogP contribution in [-0.4, -0.2) is 4.21 Å². The highest BCUT2D eigenvalue weighted by Crippen LogP contribution is 2.24. The van der Waals surface area contributed by atoms with Gasteiger partial charge in [0.05, 0.1) is 21.4 Å². The van der Waals surface area contributed by atoms with Crippen molar-refractivity contribution in [3.63, 3.8) is 0 Å². The topological polar surface area (TPSA) is 43.1 Å². The van der Waals surface area contributed by atoms with Gasteiger partial charge in [-0.3, -0.25) is 4.21 Å². The molecule has 0 saturated heterocycles. The number of rotatable bonds is 3. The number of benzene rings is 2. The minimum Gasteiger partial charge on any atom is -0.398 e. The van der Waals surface area contributed by atoms with Gasteiger partial charge < -0.3 is 5.73 Å². The lowest BCUT2D eigenvalue weighted by molar-refractivity contribution is 0.564. The molecule has 100 valence electrons. The molecule has 1 atom stereocenters. The van der Waals surface area contributed by atoms with Crippen molar-refractivity contribution < 1.29 is 13.0 Å². The Bertz CT molecular complexity index is 628. The molecule has 0 heterocycles. The number of nitrogens with two attached hydrogens (primary N) is 1. The van der Waals surface area contributed by atoms with E-state index in [2.05, 4.69) is 15.9 Å². The second-order valence-corrected chi connectivity index (χ2v) is 6.21. The molecule has 0 bridgehead atoms. The van der Waals surface area contributed by atoms with E-state index in [1.165, 1.54) is 6.07 Å². The second kappa shape index (κ2) is 5.79. The fraction of sp³-hybridized carbons (Fsp3) is 0.0769. The van der Waals surface area contributed by atoms with Gasteiger partial charge in [-0.1, -0.05) is 22.0 Å². The van der Waals surface area contributed by atoms with Crippen molar-refractivity contribution in [3.05, 3.63) is 58.1 Å². The van der Waals surface area contributed by atoms with Crippen molar-refractivity contribution in [1.29, 1.82) is 0 Å². The Morgan fingerprint density at radius 1 is 1.16 bits per heavy atom. The maximum Gasteiger partial charge on any atom is 0.130 e. The molecule has 0 aliphatic heterocycles. The van der Waals surface area contributed by atoms with Crippen LogP contribution in [0.3, 0.4) is 0 Å². The van der Waals surface area contributed by atoms with Crippen LogP contribution in [0.1, 0.15) is 5.56 Å². The molecule has 0 aliphatic carbocycles. The average molecular weight is 346 g/mol. The highest BCUT2D eigenvalue weighted by atomic mass is 79.9. The molecule has 0 fully saturated rings. The Balaban J connectivity index is 2.31. The first-order valence-electron chi connectivity index (χ1n) is 5.35. The molecule has 6 heteroatoms. The Morgan fingerprint density at radius 3 is 2.37 bits per heavy atom. The molecule has 2 nitrogen and oxygen atoms in total. The van der Waals surface area contributed by atoms with Gasteiger partial charge in [-0.05, 0) is 30.3 Å². The van der Waals surface area contributed by atoms with Gasteiger partial charge in [0.2, 0.25) is 0 Å². The van der Waals surface area contributed by atoms with Crippen LogP contribution in [0.15, 0.2) is 45.8 Å². The first-order chi connectivity index (χ1) is 8.99. The van der Waals surface area contributed by atoms with E-state index in [0.29, 0.717) is 10.6 Å². The minimum atomic E-state index is -1.60. The van der Waals surface area contributed by atoms with Crippen molar-refractivity contribution in [2.75, 3.05) is 5.73 Å². The third-order valence-electron chi connectivity index (χ3n) is 2.55. The summed E-state index contributed by atoms with van der Waals surface area (Å²) >= 11 is 3.24. The van der Waals surface area contributed by atoms with E-state index in [-0.39, 0.29) is 11.3 Å². The molecule has 1 unspecified atom stereocenters. The fourth-order valence-electron chi connectivity index (χ4n) is 1.61. The average Bonchev–Trinajstić information content (AvgIpc) is 2.33. The Morgan fingerprint density at radius 2 is 1.79 bits per heavy atom. The number of halogens is 3. The molecule has 2 aromatic carbocycles. The van der Waals surface area contributed by atoms with Crippen LogP contribution >= 0.6 is 15.9 Å². The van der Waals surface area contributed by atoms with Crippen molar-refractivity contribution in [1.82, 2.24) is 0 Å². The summed E-state index contributed by atoms with van der Waals surface area (Å²) in [5, 5.41) is 0. The first-order valence-corrected chi connectivity index (χ1v) is 7.46. The van der Waals surface area contributed by atoms with Crippen LogP contribution in [0.2, 0.25) is 0 Å². The predicted molar refractivity (Wildman–Crippen MR) is 75.0 cm³/mol. The third kappa shape index (κ3) is 3.19. The van der Waals surface area contributed by atoms with Gasteiger partial charge in [-0.25, -0.2) is 8.78 Å². The predicted octanol–water partition coefficient (Wildman–Crippen LogP) is 3.62. The zero-order valence-electron chi connectivity index (χ0n) is 9.70. The number of anilines is 1. The van der Waals surface area contributed by atoms with E-state index in [4.69, 9.17) is 5.73 Å². The van der Waals surface area contributed by atoms with Gasteiger partial charge in [0.15, 0.2) is 0 Å². The summed E-state index contributed by atoms with van der Waals surface area (Å²) in [5.74, 6) is -1.65. The lowest BCUT2D eigenvalue weighted by Crippen LogP contribution is -2.04. The standard InChI is InChI=1S/C13H10BrF2NOS/c14-8-4-5-13(12(17)6-8)19(18)7-9-10(15)2-1-3-11(9)16/h1-6H,7,17H2. The normalized spacial score (nSPS) is 12.4. The van der Waals surface area contributed by atoms with Crippen molar-refractivity contribution in [3.8, 4) is 0 Å². The van der Waals surface area contributed by atoms with Gasteiger partial charge in [0, 0.05) is 15.7 Å². The molecule has 0 amide bonds. The Hall–Kier alpha value is -1.27. The van der Waals surface area contributed by atoms with E-state index < -0.39 is 22.4 Å². The quantitative estimate of drug-likeness (QED) is 0.863. The summed E-state index contributed by atoms with van der Waals surface area (Å²) < 4.78 is 39.8. The smallest absolute Gasteiger partial charge is 0.130 e. The van der Waals surface area contributed by atoms with E-state index >= 15 is 0 Å². The zero-order chi connectivity index (χ0) is 14.0. The van der Waals surface area contributed by atoms with Gasteiger partial charge in [0.25, 0.3) is 0 Å². The minimum absolute atomic E-state index is 0.192. The molecule has 2 N–H and O–H groups in total. The summed E-state index contributed by atoms with van der Waals surface area (Å²) in [4.78, 5) is 0.367. The highest BCUT2D eigenvalue weighted by molar-refractivity contribution is 9.10. The van der Waals surface area contributed by atoms with E-state index in [1.807, 2.05) is 0 Å². The molecule has 2 rings (SSSR count). The first kappa shape index (κ1) is 14.1. The molecule has 2 aromatic rings. The molecular weight excluding hydrogens is 336 g/mol. The van der Waals surface area contributed by atoms with Crippen molar-refractivity contribution in [2.24, 2.45) is 0 Å². The van der Waals surface area contributed by atoms with Crippen molar-refractivity contribution >= 4 is 32.4 Å². The van der Waals surface area contributed by atoms with Crippen LogP contribution in [0.25, 0.3) is 0 Å². The Labute approximate surface area is 120 Å². The van der Waals surface area contributed by atoms with E-state index in [1.54, 1.807) is 18.2 Å². The van der Waals surface area contributed by atoms with Gasteiger partial charge in [-0.15, -0.1) is 0 Å². The fourth-order valence-corrected chi connectivity index (χ4v) is 3.22. The van der Waals surface area contributed by atoms with E-state index in [9.17, 15) is 13.0 Å². The number of nitrogen functional groups attached to an aromatic ring is 1. The molecule has 19 heavy (non-hydrogen) atoms. The van der Waals surface area contributed by atoms with Crippen molar-refractivity contribution in [2.45, 2.75) is 10.6 Å². The second-order valence-electron chi connectivity index (χ2n) is 3.87. The SMILES string of the molecule is Nc1cc(Br)ccc1S(=O)Cc1c(F)cccc1F. The summed E-state index contributed by atoms with van der Waals surface area (Å²) in [6, 6.07) is 8.41. The van der Waals surface area contributed by atoms with Gasteiger partial charge in [-0.2, -0.15) is 0 Å². The van der Waals surface area contributed by atoms with Crippen LogP contribution in [0.4, 0.5) is 14.5 Å². The number of hydrogen-bond acceptors (Lipinski definition) is 2. The summed E-state index contributed by atoms with van der Waals surface area (Å²) in [6.07, 6.45) is 0. The van der Waals surface area contributed by atoms with Gasteiger partial charge in [0.1, 0.15) is 11.6 Å². The largest absolute Gasteiger partial charge is 0.398 e. The lowest BCUT2D eigenvalue weighted by atomic mass is 10.2. The van der Waals surface area contributed by atoms with Crippen LogP contribution in [0.5, 0.6) is 0 Å². The maximum absolute atomic E-state index is 13.5. The van der Waals surface area contributed by atoms with E-state index in [0.717, 1.165) is 16.6 Å². The molecular formula is C13H10BrF2NOS. The zero-order valence-corrected chi connectivity index (χ0v) is 12.1. The van der Waals surface area contributed by atoms with Crippen LogP contribution < -0.4 is 5.73 Å². The lowest BCUT2D eigenvalue weighted by Gasteiger charge is -2.08. The molecule has 0 saturated carbocycles. The maximum atomic E-state index is 13.5. The Kier molecular flexibility index (Phi) is 4.31.